The van der Waals surface area contributed by atoms with Crippen LogP contribution in [0.4, 0.5) is 10.8 Å². The number of aromatic nitrogens is 1. The maximum absolute atomic E-state index is 13.5. The molecule has 2 N–H and O–H groups in total. The molecule has 5 aromatic rings. The molecule has 1 atom stereocenters. The van der Waals surface area contributed by atoms with Crippen LogP contribution in [0, 0.1) is 0 Å². The second-order valence-corrected chi connectivity index (χ2v) is 10.2. The van der Waals surface area contributed by atoms with Gasteiger partial charge in [-0.2, -0.15) is 0 Å². The first-order chi connectivity index (χ1) is 18.6. The quantitative estimate of drug-likeness (QED) is 0.193. The van der Waals surface area contributed by atoms with E-state index in [0.29, 0.717) is 10.8 Å². The highest BCUT2D eigenvalue weighted by Crippen LogP contribution is 2.37. The van der Waals surface area contributed by atoms with Crippen molar-refractivity contribution >= 4 is 45.7 Å². The van der Waals surface area contributed by atoms with Gasteiger partial charge in [0.2, 0.25) is 5.91 Å². The van der Waals surface area contributed by atoms with Crippen LogP contribution >= 0.6 is 23.1 Å². The minimum Gasteiger partial charge on any atom is -0.497 e. The summed E-state index contributed by atoms with van der Waals surface area (Å²) in [6.07, 6.45) is 1.45. The van der Waals surface area contributed by atoms with Gasteiger partial charge in [-0.05, 0) is 54.1 Å². The van der Waals surface area contributed by atoms with E-state index >= 15 is 0 Å². The number of thioether (sulfide) groups is 1. The predicted molar refractivity (Wildman–Crippen MR) is 151 cm³/mol. The van der Waals surface area contributed by atoms with Crippen LogP contribution in [0.2, 0.25) is 0 Å². The van der Waals surface area contributed by atoms with E-state index in [9.17, 15) is 9.59 Å². The molecule has 1 unspecified atom stereocenters. The van der Waals surface area contributed by atoms with E-state index in [0.717, 1.165) is 27.5 Å². The summed E-state index contributed by atoms with van der Waals surface area (Å²) in [6, 6.07) is 27.8. The highest BCUT2D eigenvalue weighted by Gasteiger charge is 2.23. The average molecular weight is 542 g/mol. The number of furan rings is 1. The monoisotopic (exact) mass is 541 g/mol. The van der Waals surface area contributed by atoms with E-state index in [1.165, 1.54) is 29.4 Å². The van der Waals surface area contributed by atoms with E-state index in [2.05, 4.69) is 15.6 Å². The largest absolute Gasteiger partial charge is 0.497 e. The van der Waals surface area contributed by atoms with Gasteiger partial charge in [-0.15, -0.1) is 23.1 Å². The first-order valence-electron chi connectivity index (χ1n) is 11.7. The number of methoxy groups -OCH3 is 1. The van der Waals surface area contributed by atoms with Gasteiger partial charge in [0, 0.05) is 21.5 Å². The molecular formula is C29H23N3O4S2. The summed E-state index contributed by atoms with van der Waals surface area (Å²) in [5.74, 6) is 0.478. The lowest BCUT2D eigenvalue weighted by Crippen LogP contribution is -2.19. The molecule has 0 bridgehead atoms. The number of anilines is 2. The Labute approximate surface area is 227 Å². The minimum atomic E-state index is -0.510. The summed E-state index contributed by atoms with van der Waals surface area (Å²) in [7, 11) is 1.62. The Balaban J connectivity index is 1.30. The summed E-state index contributed by atoms with van der Waals surface area (Å²) >= 11 is 2.79. The molecule has 5 rings (SSSR count). The van der Waals surface area contributed by atoms with Gasteiger partial charge in [0.05, 0.1) is 19.1 Å². The molecule has 0 saturated heterocycles. The number of carbonyl (C=O) groups is 2. The van der Waals surface area contributed by atoms with Gasteiger partial charge < -0.3 is 19.8 Å². The van der Waals surface area contributed by atoms with E-state index in [1.807, 2.05) is 72.1 Å². The lowest BCUT2D eigenvalue weighted by molar-refractivity contribution is -0.115. The van der Waals surface area contributed by atoms with Crippen molar-refractivity contribution in [2.24, 2.45) is 0 Å². The van der Waals surface area contributed by atoms with Crippen LogP contribution in [-0.2, 0) is 4.79 Å². The molecule has 9 heteroatoms. The molecule has 0 aliphatic carbocycles. The summed E-state index contributed by atoms with van der Waals surface area (Å²) in [6.45, 7) is 0. The maximum Gasteiger partial charge on any atom is 0.291 e. The zero-order valence-corrected chi connectivity index (χ0v) is 21.9. The summed E-state index contributed by atoms with van der Waals surface area (Å²) < 4.78 is 10.4. The molecule has 0 fully saturated rings. The lowest BCUT2D eigenvalue weighted by Gasteiger charge is -2.16. The molecule has 2 amide bonds. The molecule has 2 aromatic heterocycles. The lowest BCUT2D eigenvalue weighted by atomic mass is 10.1. The highest BCUT2D eigenvalue weighted by molar-refractivity contribution is 8.00. The smallest absolute Gasteiger partial charge is 0.291 e. The number of hydrogen-bond acceptors (Lipinski definition) is 7. The second-order valence-electron chi connectivity index (χ2n) is 8.12. The number of hydrogen-bond donors (Lipinski definition) is 2. The fourth-order valence-corrected chi connectivity index (χ4v) is 5.42. The summed E-state index contributed by atoms with van der Waals surface area (Å²) in [4.78, 5) is 31.2. The van der Waals surface area contributed by atoms with Crippen molar-refractivity contribution in [2.45, 2.75) is 10.1 Å². The van der Waals surface area contributed by atoms with Crippen molar-refractivity contribution in [1.29, 1.82) is 0 Å². The fraction of sp³-hybridized carbons (Fsp3) is 0.0690. The molecule has 3 aromatic carbocycles. The zero-order chi connectivity index (χ0) is 26.3. The van der Waals surface area contributed by atoms with Crippen LogP contribution in [0.1, 0.15) is 21.4 Å². The van der Waals surface area contributed by atoms with Crippen molar-refractivity contribution in [3.63, 3.8) is 0 Å². The molecule has 0 radical (unpaired) electrons. The molecule has 190 valence electrons. The molecule has 0 spiro atoms. The third-order valence-corrected chi connectivity index (χ3v) is 7.58. The van der Waals surface area contributed by atoms with Gasteiger partial charge in [-0.1, -0.05) is 42.5 Å². The summed E-state index contributed by atoms with van der Waals surface area (Å²) in [5, 5.41) is 7.70. The first kappa shape index (κ1) is 25.3. The van der Waals surface area contributed by atoms with Gasteiger partial charge in [0.15, 0.2) is 10.9 Å². The Morgan fingerprint density at radius 2 is 1.76 bits per heavy atom. The Bertz CT molecular complexity index is 1520. The summed E-state index contributed by atoms with van der Waals surface area (Å²) in [5.41, 5.74) is 3.17. The fourth-order valence-electron chi connectivity index (χ4n) is 3.67. The van der Waals surface area contributed by atoms with Crippen LogP contribution in [0.15, 0.2) is 112 Å². The third-order valence-electron chi connectivity index (χ3n) is 5.55. The van der Waals surface area contributed by atoms with Crippen molar-refractivity contribution in [3.8, 4) is 17.0 Å². The topological polar surface area (TPSA) is 93.5 Å². The Kier molecular flexibility index (Phi) is 7.86. The van der Waals surface area contributed by atoms with E-state index in [1.54, 1.807) is 31.4 Å². The number of rotatable bonds is 9. The SMILES string of the molecule is COc1cccc(-c2csc(NC(=O)C(Sc3ccc(NC(=O)c4ccco4)cc3)c3ccccc3)n2)c1. The predicted octanol–water partition coefficient (Wildman–Crippen LogP) is 7.14. The number of thiazole rings is 1. The van der Waals surface area contributed by atoms with Crippen LogP contribution in [0.25, 0.3) is 11.3 Å². The number of amides is 2. The van der Waals surface area contributed by atoms with Crippen LogP contribution in [0.5, 0.6) is 5.75 Å². The van der Waals surface area contributed by atoms with E-state index < -0.39 is 5.25 Å². The molecule has 38 heavy (non-hydrogen) atoms. The normalized spacial score (nSPS) is 11.5. The van der Waals surface area contributed by atoms with E-state index in [-0.39, 0.29) is 17.6 Å². The molecule has 2 heterocycles. The number of nitrogens with one attached hydrogen (secondary N) is 2. The Morgan fingerprint density at radius 3 is 2.50 bits per heavy atom. The zero-order valence-electron chi connectivity index (χ0n) is 20.3. The number of carbonyl (C=O) groups excluding carboxylic acids is 2. The van der Waals surface area contributed by atoms with Gasteiger partial charge in [-0.3, -0.25) is 9.59 Å². The van der Waals surface area contributed by atoms with Crippen LogP contribution < -0.4 is 15.4 Å². The van der Waals surface area contributed by atoms with Gasteiger partial charge in [-0.25, -0.2) is 4.98 Å². The van der Waals surface area contributed by atoms with E-state index in [4.69, 9.17) is 9.15 Å². The standard InChI is InChI=1S/C29H23N3O4S2/c1-35-22-10-5-9-20(17-22)24-18-37-29(31-24)32-28(34)26(19-7-3-2-4-8-19)38-23-14-12-21(13-15-23)30-27(33)25-11-6-16-36-25/h2-18,26H,1H3,(H,30,33)(H,31,32,34). The average Bonchev–Trinajstić information content (AvgIpc) is 3.66. The van der Waals surface area contributed by atoms with Crippen LogP contribution in [0.3, 0.4) is 0 Å². The van der Waals surface area contributed by atoms with Gasteiger partial charge >= 0.3 is 0 Å². The van der Waals surface area contributed by atoms with Crippen molar-refractivity contribution in [3.05, 3.63) is 114 Å². The molecule has 0 aliphatic rings. The molecule has 0 aliphatic heterocycles. The third kappa shape index (κ3) is 6.13. The first-order valence-corrected chi connectivity index (χ1v) is 13.4. The van der Waals surface area contributed by atoms with Gasteiger partial charge in [0.25, 0.3) is 5.91 Å². The van der Waals surface area contributed by atoms with Crippen molar-refractivity contribution in [1.82, 2.24) is 4.98 Å². The second kappa shape index (κ2) is 11.8. The van der Waals surface area contributed by atoms with Crippen molar-refractivity contribution < 1.29 is 18.7 Å². The molecule has 7 nitrogen and oxygen atoms in total. The van der Waals surface area contributed by atoms with Gasteiger partial charge in [0.1, 0.15) is 11.0 Å². The molecule has 0 saturated carbocycles. The van der Waals surface area contributed by atoms with Crippen molar-refractivity contribution in [2.75, 3.05) is 17.7 Å². The number of benzene rings is 3. The maximum atomic E-state index is 13.5. The van der Waals surface area contributed by atoms with Crippen LogP contribution in [-0.4, -0.2) is 23.9 Å². The highest BCUT2D eigenvalue weighted by atomic mass is 32.2. The Morgan fingerprint density at radius 1 is 0.947 bits per heavy atom. The minimum absolute atomic E-state index is 0.178. The number of ether oxygens (including phenoxy) is 1. The number of nitrogens with zero attached hydrogens (tertiary/aromatic N) is 1. The Hall–Kier alpha value is -4.34. The molecular weight excluding hydrogens is 518 g/mol.